The fourth-order valence-corrected chi connectivity index (χ4v) is 7.27. The van der Waals surface area contributed by atoms with Gasteiger partial charge >= 0.3 is 0 Å². The van der Waals surface area contributed by atoms with Crippen LogP contribution >= 0.6 is 0 Å². The molecule has 0 saturated carbocycles. The molecule has 0 amide bonds. The molecular formula is C47H40N4. The number of aryl methyl sites for hydroxylation is 3. The van der Waals surface area contributed by atoms with Gasteiger partial charge in [0.1, 0.15) is 0 Å². The predicted molar refractivity (Wildman–Crippen MR) is 215 cm³/mol. The van der Waals surface area contributed by atoms with Crippen LogP contribution in [-0.4, -0.2) is 19.9 Å². The zero-order valence-corrected chi connectivity index (χ0v) is 29.2. The standard InChI is InChI=1S/C45H34N4.C2H6/c1-29-17-19-33(20-18-29)45-40-27-25-38(48-40)43(31-13-7-3-8-14-31)36-23-21-34(46-36)42(30-11-5-2-6-12-30)35-22-24-37(47-35)44(32-15-9-4-10-16-32)39-26-28-41(45)49-39;1-2/h2-25,27,46,49H,26,28H2,1H3;1-2H3. The van der Waals surface area contributed by atoms with Crippen LogP contribution in [0.4, 0.5) is 0 Å². The number of hydrogen-bond donors (Lipinski definition) is 2. The molecule has 3 aliphatic heterocycles. The second kappa shape index (κ2) is 13.9. The Balaban J connectivity index is 0.00000184. The van der Waals surface area contributed by atoms with Gasteiger partial charge in [-0.3, -0.25) is 0 Å². The normalized spacial score (nSPS) is 12.3. The van der Waals surface area contributed by atoms with Crippen molar-refractivity contribution >= 4 is 35.3 Å². The van der Waals surface area contributed by atoms with Crippen molar-refractivity contribution in [3.8, 4) is 44.5 Å². The number of hydrogen-bond acceptors (Lipinski definition) is 2. The molecule has 3 aliphatic rings. The maximum absolute atomic E-state index is 5.40. The number of nitrogens with zero attached hydrogens (tertiary/aromatic N) is 2. The summed E-state index contributed by atoms with van der Waals surface area (Å²) in [6, 6.07) is 44.9. The summed E-state index contributed by atoms with van der Waals surface area (Å²) in [5.41, 5.74) is 18.3. The molecule has 2 aromatic heterocycles. The Labute approximate surface area is 299 Å². The fraction of sp³-hybridized carbons (Fsp3) is 0.106. The number of fused-ring (bicyclic) bond motifs is 8. The van der Waals surface area contributed by atoms with E-state index >= 15 is 0 Å². The molecule has 6 aromatic rings. The number of aromatic nitrogens is 4. The van der Waals surface area contributed by atoms with Crippen molar-refractivity contribution in [3.63, 3.8) is 0 Å². The minimum atomic E-state index is 0.876. The van der Waals surface area contributed by atoms with Crippen molar-refractivity contribution in [1.29, 1.82) is 0 Å². The van der Waals surface area contributed by atoms with E-state index in [0.717, 1.165) is 91.2 Å². The highest BCUT2D eigenvalue weighted by molar-refractivity contribution is 5.96. The molecule has 0 saturated heterocycles. The third-order valence-corrected chi connectivity index (χ3v) is 9.59. The summed E-state index contributed by atoms with van der Waals surface area (Å²) in [5, 5.41) is 0. The molecule has 248 valence electrons. The number of rotatable bonds is 4. The lowest BCUT2D eigenvalue weighted by Gasteiger charge is -2.08. The number of benzene rings is 4. The zero-order valence-electron chi connectivity index (χ0n) is 29.2. The van der Waals surface area contributed by atoms with E-state index in [2.05, 4.69) is 169 Å². The lowest BCUT2D eigenvalue weighted by molar-refractivity contribution is 1.02. The maximum atomic E-state index is 5.40. The van der Waals surface area contributed by atoms with Gasteiger partial charge in [-0.05, 0) is 78.5 Å². The van der Waals surface area contributed by atoms with E-state index in [9.17, 15) is 0 Å². The molecule has 51 heavy (non-hydrogen) atoms. The van der Waals surface area contributed by atoms with Crippen molar-refractivity contribution in [2.24, 2.45) is 0 Å². The van der Waals surface area contributed by atoms with Gasteiger partial charge in [0.15, 0.2) is 0 Å². The molecule has 0 atom stereocenters. The van der Waals surface area contributed by atoms with Crippen molar-refractivity contribution in [3.05, 3.63) is 167 Å². The summed E-state index contributed by atoms with van der Waals surface area (Å²) in [6.07, 6.45) is 10.4. The lowest BCUT2D eigenvalue weighted by Crippen LogP contribution is -1.92. The van der Waals surface area contributed by atoms with Crippen LogP contribution in [0.15, 0.2) is 127 Å². The molecule has 8 bridgehead atoms. The molecule has 0 aliphatic carbocycles. The SMILES string of the molecule is CC.Cc1ccc(-c2c3nc(c(-c4ccccc4)c4ccc([nH]4)c(-c4ccccc4)c4nc(c(-c5ccccc5)c5[nH]c2CC5)C=C4)C=C3)cc1. The van der Waals surface area contributed by atoms with Crippen LogP contribution in [0, 0.1) is 6.92 Å². The molecule has 0 fully saturated rings. The van der Waals surface area contributed by atoms with Crippen LogP contribution in [0.25, 0.3) is 79.8 Å². The van der Waals surface area contributed by atoms with Gasteiger partial charge in [0, 0.05) is 44.7 Å². The van der Waals surface area contributed by atoms with Gasteiger partial charge in [0.25, 0.3) is 0 Å². The molecule has 4 nitrogen and oxygen atoms in total. The Morgan fingerprint density at radius 3 is 1.16 bits per heavy atom. The monoisotopic (exact) mass is 660 g/mol. The van der Waals surface area contributed by atoms with Crippen molar-refractivity contribution in [2.75, 3.05) is 0 Å². The number of H-pyrrole nitrogens is 2. The van der Waals surface area contributed by atoms with Crippen LogP contribution < -0.4 is 0 Å². The van der Waals surface area contributed by atoms with Gasteiger partial charge in [-0.15, -0.1) is 0 Å². The van der Waals surface area contributed by atoms with Gasteiger partial charge in [-0.25, -0.2) is 9.97 Å². The maximum Gasteiger partial charge on any atom is 0.0737 e. The molecule has 4 aromatic carbocycles. The Hall–Kier alpha value is -6.26. The third kappa shape index (κ3) is 6.10. The molecule has 0 spiro atoms. The highest BCUT2D eigenvalue weighted by Crippen LogP contribution is 2.38. The van der Waals surface area contributed by atoms with Crippen LogP contribution in [0.2, 0.25) is 0 Å². The highest BCUT2D eigenvalue weighted by atomic mass is 14.8. The summed E-state index contributed by atoms with van der Waals surface area (Å²) >= 11 is 0. The Morgan fingerprint density at radius 1 is 0.392 bits per heavy atom. The zero-order chi connectivity index (χ0) is 34.7. The van der Waals surface area contributed by atoms with E-state index < -0.39 is 0 Å². The Kier molecular flexibility index (Phi) is 8.73. The van der Waals surface area contributed by atoms with Gasteiger partial charge in [-0.1, -0.05) is 135 Å². The van der Waals surface area contributed by atoms with E-state index in [1.54, 1.807) is 0 Å². The Morgan fingerprint density at radius 2 is 0.745 bits per heavy atom. The van der Waals surface area contributed by atoms with E-state index in [1.165, 1.54) is 17.0 Å². The summed E-state index contributed by atoms with van der Waals surface area (Å²) in [7, 11) is 0. The summed E-state index contributed by atoms with van der Waals surface area (Å²) in [6.45, 7) is 6.13. The lowest BCUT2D eigenvalue weighted by atomic mass is 9.98. The highest BCUT2D eigenvalue weighted by Gasteiger charge is 2.22. The minimum absolute atomic E-state index is 0.876. The molecule has 0 unspecified atom stereocenters. The first-order valence-electron chi connectivity index (χ1n) is 17.9. The average Bonchev–Trinajstić information content (AvgIpc) is 4.02. The van der Waals surface area contributed by atoms with E-state index in [-0.39, 0.29) is 0 Å². The van der Waals surface area contributed by atoms with Crippen molar-refractivity contribution in [2.45, 2.75) is 33.6 Å². The van der Waals surface area contributed by atoms with Crippen LogP contribution in [0.1, 0.15) is 53.6 Å². The van der Waals surface area contributed by atoms with E-state index in [0.29, 0.717) is 0 Å². The molecule has 9 rings (SSSR count). The van der Waals surface area contributed by atoms with Gasteiger partial charge in [-0.2, -0.15) is 0 Å². The molecular weight excluding hydrogens is 621 g/mol. The van der Waals surface area contributed by atoms with Gasteiger partial charge < -0.3 is 9.97 Å². The average molecular weight is 661 g/mol. The van der Waals surface area contributed by atoms with Gasteiger partial charge in [0.2, 0.25) is 0 Å². The number of aromatic amines is 2. The topological polar surface area (TPSA) is 57.4 Å². The van der Waals surface area contributed by atoms with Crippen LogP contribution in [0.5, 0.6) is 0 Å². The fourth-order valence-electron chi connectivity index (χ4n) is 7.27. The second-order valence-corrected chi connectivity index (χ2v) is 12.8. The third-order valence-electron chi connectivity index (χ3n) is 9.59. The quantitative estimate of drug-likeness (QED) is 0.197. The largest absolute Gasteiger partial charge is 0.361 e. The first kappa shape index (κ1) is 32.0. The summed E-state index contributed by atoms with van der Waals surface area (Å²) in [5.74, 6) is 0. The van der Waals surface area contributed by atoms with Gasteiger partial charge in [0.05, 0.1) is 22.8 Å². The van der Waals surface area contributed by atoms with Crippen LogP contribution in [-0.2, 0) is 12.8 Å². The van der Waals surface area contributed by atoms with Crippen molar-refractivity contribution < 1.29 is 0 Å². The molecule has 2 N–H and O–H groups in total. The second-order valence-electron chi connectivity index (χ2n) is 12.8. The van der Waals surface area contributed by atoms with Crippen molar-refractivity contribution in [1.82, 2.24) is 19.9 Å². The molecule has 4 heteroatoms. The number of nitrogens with one attached hydrogen (secondary N) is 2. The smallest absolute Gasteiger partial charge is 0.0737 e. The first-order chi connectivity index (χ1) is 25.2. The first-order valence-corrected chi connectivity index (χ1v) is 17.9. The molecule has 5 heterocycles. The molecule has 0 radical (unpaired) electrons. The predicted octanol–water partition coefficient (Wildman–Crippen LogP) is 12.2. The van der Waals surface area contributed by atoms with E-state index in [1.807, 2.05) is 13.8 Å². The summed E-state index contributed by atoms with van der Waals surface area (Å²) in [4.78, 5) is 18.5. The van der Waals surface area contributed by atoms with Crippen LogP contribution in [0.3, 0.4) is 0 Å². The minimum Gasteiger partial charge on any atom is -0.361 e. The summed E-state index contributed by atoms with van der Waals surface area (Å²) < 4.78 is 0. The Bertz CT molecular complexity index is 2460. The van der Waals surface area contributed by atoms with E-state index in [4.69, 9.17) is 9.97 Å².